The van der Waals surface area contributed by atoms with Crippen molar-refractivity contribution < 1.29 is 4.79 Å². The molecular formula is C13H16Cl3NO. The van der Waals surface area contributed by atoms with Crippen LogP contribution in [0.5, 0.6) is 0 Å². The average Bonchev–Trinajstić information content (AvgIpc) is 2.36. The number of benzene rings is 1. The Bertz CT molecular complexity index is 422. The lowest BCUT2D eigenvalue weighted by Crippen LogP contribution is -2.51. The van der Waals surface area contributed by atoms with Crippen LogP contribution in [0.25, 0.3) is 0 Å². The van der Waals surface area contributed by atoms with Crippen LogP contribution in [0.15, 0.2) is 18.2 Å². The van der Waals surface area contributed by atoms with Crippen molar-refractivity contribution in [2.75, 3.05) is 11.8 Å². The summed E-state index contributed by atoms with van der Waals surface area (Å²) in [6.45, 7) is 3.79. The highest BCUT2D eigenvalue weighted by Gasteiger charge is 2.29. The summed E-state index contributed by atoms with van der Waals surface area (Å²) >= 11 is 17.7. The summed E-state index contributed by atoms with van der Waals surface area (Å²) in [6, 6.07) is 5.15. The van der Waals surface area contributed by atoms with Gasteiger partial charge < -0.3 is 5.32 Å². The zero-order valence-electron chi connectivity index (χ0n) is 10.4. The summed E-state index contributed by atoms with van der Waals surface area (Å²) in [5.74, 6) is 0.392. The van der Waals surface area contributed by atoms with Gasteiger partial charge in [-0.05, 0) is 37.1 Å². The van der Waals surface area contributed by atoms with Crippen molar-refractivity contribution in [2.24, 2.45) is 0 Å². The normalized spacial score (nSPS) is 11.4. The fraction of sp³-hybridized carbons (Fsp3) is 0.462. The third kappa shape index (κ3) is 3.53. The predicted molar refractivity (Wildman–Crippen MR) is 78.1 cm³/mol. The van der Waals surface area contributed by atoms with Gasteiger partial charge in [0.2, 0.25) is 0 Å². The Morgan fingerprint density at radius 2 is 1.94 bits per heavy atom. The number of hydrogen-bond donors (Lipinski definition) is 1. The van der Waals surface area contributed by atoms with E-state index in [0.717, 1.165) is 5.56 Å². The van der Waals surface area contributed by atoms with Crippen LogP contribution in [0.2, 0.25) is 5.02 Å². The first-order valence-corrected chi connectivity index (χ1v) is 7.13. The van der Waals surface area contributed by atoms with Crippen LogP contribution >= 0.6 is 34.8 Å². The zero-order chi connectivity index (χ0) is 13.8. The highest BCUT2D eigenvalue weighted by Crippen LogP contribution is 2.19. The van der Waals surface area contributed by atoms with Crippen LogP contribution in [-0.4, -0.2) is 23.2 Å². The average molecular weight is 309 g/mol. The maximum atomic E-state index is 12.2. The molecule has 0 fully saturated rings. The molecule has 0 unspecified atom stereocenters. The maximum Gasteiger partial charge on any atom is 0.252 e. The van der Waals surface area contributed by atoms with Gasteiger partial charge in [-0.2, -0.15) is 0 Å². The minimum absolute atomic E-state index is 0.174. The zero-order valence-corrected chi connectivity index (χ0v) is 12.7. The van der Waals surface area contributed by atoms with E-state index >= 15 is 0 Å². The molecule has 1 aromatic carbocycles. The van der Waals surface area contributed by atoms with Crippen molar-refractivity contribution in [3.8, 4) is 0 Å². The van der Waals surface area contributed by atoms with E-state index in [9.17, 15) is 4.79 Å². The largest absolute Gasteiger partial charge is 0.344 e. The second-order valence-electron chi connectivity index (χ2n) is 4.31. The Labute approximate surface area is 123 Å². The summed E-state index contributed by atoms with van der Waals surface area (Å²) in [5.41, 5.74) is 0.855. The minimum atomic E-state index is -0.563. The van der Waals surface area contributed by atoms with Crippen molar-refractivity contribution in [1.82, 2.24) is 5.32 Å². The molecule has 100 valence electrons. The molecule has 0 radical (unpaired) electrons. The van der Waals surface area contributed by atoms with E-state index < -0.39 is 5.54 Å². The molecule has 0 aliphatic carbocycles. The van der Waals surface area contributed by atoms with E-state index in [0.29, 0.717) is 17.0 Å². The van der Waals surface area contributed by atoms with Crippen LogP contribution in [0.3, 0.4) is 0 Å². The number of rotatable bonds is 5. The number of halogens is 3. The van der Waals surface area contributed by atoms with Crippen molar-refractivity contribution >= 4 is 40.7 Å². The summed E-state index contributed by atoms with van der Waals surface area (Å²) in [4.78, 5) is 12.2. The van der Waals surface area contributed by atoms with Gasteiger partial charge in [0, 0.05) is 22.3 Å². The van der Waals surface area contributed by atoms with Crippen LogP contribution in [0.1, 0.15) is 29.3 Å². The van der Waals surface area contributed by atoms with Crippen molar-refractivity contribution in [3.05, 3.63) is 34.3 Å². The molecule has 0 saturated heterocycles. The molecule has 5 heteroatoms. The van der Waals surface area contributed by atoms with E-state index in [4.69, 9.17) is 34.8 Å². The molecule has 18 heavy (non-hydrogen) atoms. The van der Waals surface area contributed by atoms with Crippen molar-refractivity contribution in [1.29, 1.82) is 0 Å². The molecule has 0 atom stereocenters. The first-order chi connectivity index (χ1) is 8.48. The number of nitrogens with one attached hydrogen (secondary N) is 1. The summed E-state index contributed by atoms with van der Waals surface area (Å²) in [6.07, 6.45) is 0.679. The SMILES string of the molecule is CCC(CCl)(CCl)NC(=O)c1ccc(Cl)cc1C. The fourth-order valence-electron chi connectivity index (χ4n) is 1.57. The van der Waals surface area contributed by atoms with E-state index in [1.54, 1.807) is 18.2 Å². The molecule has 0 aromatic heterocycles. The fourth-order valence-corrected chi connectivity index (χ4v) is 2.59. The molecule has 0 saturated carbocycles. The van der Waals surface area contributed by atoms with Gasteiger partial charge in [-0.25, -0.2) is 0 Å². The Hall–Kier alpha value is -0.440. The number of hydrogen-bond acceptors (Lipinski definition) is 1. The first-order valence-electron chi connectivity index (χ1n) is 5.68. The van der Waals surface area contributed by atoms with Crippen molar-refractivity contribution in [3.63, 3.8) is 0 Å². The van der Waals surface area contributed by atoms with Gasteiger partial charge in [0.15, 0.2) is 0 Å². The monoisotopic (exact) mass is 307 g/mol. The Morgan fingerprint density at radius 3 is 2.39 bits per heavy atom. The number of amides is 1. The maximum absolute atomic E-state index is 12.2. The lowest BCUT2D eigenvalue weighted by Gasteiger charge is -2.29. The van der Waals surface area contributed by atoms with Crippen LogP contribution in [0.4, 0.5) is 0 Å². The van der Waals surface area contributed by atoms with E-state index in [1.807, 2.05) is 13.8 Å². The third-order valence-corrected chi connectivity index (χ3v) is 4.26. The standard InChI is InChI=1S/C13H16Cl3NO/c1-3-13(7-14,8-15)17-12(18)11-5-4-10(16)6-9(11)2/h4-6H,3,7-8H2,1-2H3,(H,17,18). The highest BCUT2D eigenvalue weighted by atomic mass is 35.5. The van der Waals surface area contributed by atoms with Gasteiger partial charge in [0.05, 0.1) is 5.54 Å². The molecule has 0 aliphatic heterocycles. The van der Waals surface area contributed by atoms with Gasteiger partial charge in [-0.3, -0.25) is 4.79 Å². The van der Waals surface area contributed by atoms with Crippen LogP contribution < -0.4 is 5.32 Å². The van der Waals surface area contributed by atoms with E-state index in [1.165, 1.54) is 0 Å². The first kappa shape index (κ1) is 15.6. The van der Waals surface area contributed by atoms with Crippen molar-refractivity contribution in [2.45, 2.75) is 25.8 Å². The highest BCUT2D eigenvalue weighted by molar-refractivity contribution is 6.30. The smallest absolute Gasteiger partial charge is 0.252 e. The van der Waals surface area contributed by atoms with Crippen LogP contribution in [0, 0.1) is 6.92 Å². The summed E-state index contributed by atoms with van der Waals surface area (Å²) in [7, 11) is 0. The number of carbonyl (C=O) groups is 1. The molecule has 1 rings (SSSR count). The minimum Gasteiger partial charge on any atom is -0.344 e. The molecule has 0 aliphatic rings. The van der Waals surface area contributed by atoms with Gasteiger partial charge in [0.25, 0.3) is 5.91 Å². The second-order valence-corrected chi connectivity index (χ2v) is 5.29. The molecule has 1 aromatic rings. The molecule has 1 amide bonds. The molecule has 0 bridgehead atoms. The molecule has 0 heterocycles. The quantitative estimate of drug-likeness (QED) is 0.818. The van der Waals surface area contributed by atoms with E-state index in [-0.39, 0.29) is 17.7 Å². The van der Waals surface area contributed by atoms with Gasteiger partial charge in [-0.15, -0.1) is 23.2 Å². The van der Waals surface area contributed by atoms with Gasteiger partial charge >= 0.3 is 0 Å². The van der Waals surface area contributed by atoms with E-state index in [2.05, 4.69) is 5.32 Å². The summed E-state index contributed by atoms with van der Waals surface area (Å²) < 4.78 is 0. The van der Waals surface area contributed by atoms with Gasteiger partial charge in [0.1, 0.15) is 0 Å². The number of aryl methyl sites for hydroxylation is 1. The molecule has 1 N–H and O–H groups in total. The molecular weight excluding hydrogens is 293 g/mol. The molecule has 0 spiro atoms. The number of carbonyl (C=O) groups excluding carboxylic acids is 1. The lowest BCUT2D eigenvalue weighted by molar-refractivity contribution is 0.0913. The third-order valence-electron chi connectivity index (χ3n) is 3.00. The Balaban J connectivity index is 2.94. The predicted octanol–water partition coefficient (Wildman–Crippen LogP) is 4.00. The summed E-state index contributed by atoms with van der Waals surface area (Å²) in [5, 5.41) is 3.52. The Morgan fingerprint density at radius 1 is 1.33 bits per heavy atom. The lowest BCUT2D eigenvalue weighted by atomic mass is 9.99. The Kier molecular flexibility index (Phi) is 5.77. The van der Waals surface area contributed by atoms with Gasteiger partial charge in [-0.1, -0.05) is 18.5 Å². The molecule has 2 nitrogen and oxygen atoms in total. The second kappa shape index (κ2) is 6.65. The van der Waals surface area contributed by atoms with Crippen LogP contribution in [-0.2, 0) is 0 Å². The number of alkyl halides is 2. The topological polar surface area (TPSA) is 29.1 Å².